The monoisotopic (exact) mass is 441 g/mol. The van der Waals surface area contributed by atoms with Crippen molar-refractivity contribution in [1.82, 2.24) is 9.66 Å². The maximum atomic E-state index is 13.0. The molecule has 0 aliphatic heterocycles. The molecule has 1 atom stereocenters. The fourth-order valence-corrected chi connectivity index (χ4v) is 3.13. The average molecular weight is 442 g/mol. The van der Waals surface area contributed by atoms with Crippen molar-refractivity contribution < 1.29 is 4.74 Å². The van der Waals surface area contributed by atoms with Crippen LogP contribution in [0.25, 0.3) is 10.9 Å². The van der Waals surface area contributed by atoms with Crippen molar-refractivity contribution in [1.29, 1.82) is 0 Å². The number of aromatic nitrogens is 2. The second-order valence-electron chi connectivity index (χ2n) is 6.71. The minimum atomic E-state index is -0.164. The molecule has 0 radical (unpaired) electrons. The summed E-state index contributed by atoms with van der Waals surface area (Å²) in [6.45, 7) is 6.19. The Bertz CT molecular complexity index is 1040. The van der Waals surface area contributed by atoms with Crippen molar-refractivity contribution in [2.24, 2.45) is 5.10 Å². The third kappa shape index (κ3) is 4.68. The van der Waals surface area contributed by atoms with Gasteiger partial charge in [0.25, 0.3) is 5.56 Å². The zero-order valence-electron chi connectivity index (χ0n) is 16.4. The molecular formula is C22H24BrN3O2. The lowest BCUT2D eigenvalue weighted by Gasteiger charge is -2.12. The van der Waals surface area contributed by atoms with Crippen molar-refractivity contribution in [2.45, 2.75) is 46.1 Å². The van der Waals surface area contributed by atoms with Crippen LogP contribution in [-0.2, 0) is 6.42 Å². The number of hydrogen-bond acceptors (Lipinski definition) is 4. The summed E-state index contributed by atoms with van der Waals surface area (Å²) in [7, 11) is 0. The van der Waals surface area contributed by atoms with Gasteiger partial charge in [0.2, 0.25) is 0 Å². The molecule has 0 spiro atoms. The Balaban J connectivity index is 1.95. The normalized spacial score (nSPS) is 12.6. The molecule has 3 aromatic rings. The summed E-state index contributed by atoms with van der Waals surface area (Å²) >= 11 is 3.42. The number of rotatable bonds is 7. The molecule has 146 valence electrons. The topological polar surface area (TPSA) is 56.5 Å². The molecule has 1 aromatic heterocycles. The molecular weight excluding hydrogens is 418 g/mol. The van der Waals surface area contributed by atoms with Gasteiger partial charge in [0, 0.05) is 10.9 Å². The Morgan fingerprint density at radius 1 is 1.21 bits per heavy atom. The van der Waals surface area contributed by atoms with Crippen molar-refractivity contribution >= 4 is 33.0 Å². The number of hydrogen-bond donors (Lipinski definition) is 0. The molecule has 0 N–H and O–H groups in total. The van der Waals surface area contributed by atoms with Gasteiger partial charge in [0.15, 0.2) is 0 Å². The van der Waals surface area contributed by atoms with Gasteiger partial charge in [-0.1, -0.05) is 29.8 Å². The van der Waals surface area contributed by atoms with E-state index in [4.69, 9.17) is 4.74 Å². The van der Waals surface area contributed by atoms with Crippen molar-refractivity contribution in [3.8, 4) is 5.75 Å². The highest BCUT2D eigenvalue weighted by molar-refractivity contribution is 9.10. The van der Waals surface area contributed by atoms with Gasteiger partial charge in [-0.3, -0.25) is 4.79 Å². The summed E-state index contributed by atoms with van der Waals surface area (Å²) in [5.41, 5.74) is 1.41. The zero-order chi connectivity index (χ0) is 20.1. The van der Waals surface area contributed by atoms with Gasteiger partial charge in [-0.15, -0.1) is 0 Å². The van der Waals surface area contributed by atoms with Crippen LogP contribution in [0.1, 0.15) is 45.0 Å². The maximum absolute atomic E-state index is 13.0. The van der Waals surface area contributed by atoms with Crippen molar-refractivity contribution in [3.05, 3.63) is 68.7 Å². The number of nitrogens with zero attached hydrogens (tertiary/aromatic N) is 3. The molecule has 0 fully saturated rings. The van der Waals surface area contributed by atoms with E-state index in [-0.39, 0.29) is 11.7 Å². The Kier molecular flexibility index (Phi) is 6.62. The van der Waals surface area contributed by atoms with Crippen LogP contribution in [0.5, 0.6) is 5.75 Å². The molecule has 0 unspecified atom stereocenters. The van der Waals surface area contributed by atoms with Gasteiger partial charge in [0.1, 0.15) is 11.6 Å². The Hall–Kier alpha value is -2.47. The first-order chi connectivity index (χ1) is 13.5. The highest BCUT2D eigenvalue weighted by Gasteiger charge is 2.10. The number of aryl methyl sites for hydroxylation is 1. The van der Waals surface area contributed by atoms with E-state index >= 15 is 0 Å². The van der Waals surface area contributed by atoms with E-state index in [0.717, 1.165) is 28.6 Å². The summed E-state index contributed by atoms with van der Waals surface area (Å²) in [6, 6.07) is 13.2. The number of benzene rings is 2. The minimum absolute atomic E-state index is 0.164. The molecule has 0 amide bonds. The van der Waals surface area contributed by atoms with Crippen molar-refractivity contribution in [2.75, 3.05) is 0 Å². The summed E-state index contributed by atoms with van der Waals surface area (Å²) in [4.78, 5) is 17.6. The third-order valence-electron chi connectivity index (χ3n) is 4.46. The van der Waals surface area contributed by atoms with Crippen LogP contribution < -0.4 is 10.3 Å². The predicted molar refractivity (Wildman–Crippen MR) is 118 cm³/mol. The second kappa shape index (κ2) is 9.15. The Labute approximate surface area is 173 Å². The highest BCUT2D eigenvalue weighted by Crippen LogP contribution is 2.17. The largest absolute Gasteiger partial charge is 0.491 e. The minimum Gasteiger partial charge on any atom is -0.491 e. The Morgan fingerprint density at radius 2 is 1.96 bits per heavy atom. The van der Waals surface area contributed by atoms with Crippen LogP contribution in [-0.4, -0.2) is 22.0 Å². The maximum Gasteiger partial charge on any atom is 0.282 e. The van der Waals surface area contributed by atoms with Gasteiger partial charge in [0.05, 0.1) is 23.2 Å². The third-order valence-corrected chi connectivity index (χ3v) is 4.96. The lowest BCUT2D eigenvalue weighted by molar-refractivity contribution is 0.217. The predicted octanol–water partition coefficient (Wildman–Crippen LogP) is 5.17. The molecule has 3 rings (SSSR count). The molecule has 5 nitrogen and oxygen atoms in total. The molecule has 0 saturated carbocycles. The second-order valence-corrected chi connectivity index (χ2v) is 7.62. The van der Waals surface area contributed by atoms with Gasteiger partial charge in [-0.2, -0.15) is 9.78 Å². The standard InChI is InChI=1S/C22H24BrN3O2/c1-4-6-21-25-20-12-9-17(23)13-19(20)22(27)26(21)24-14-16-7-10-18(11-8-16)28-15(3)5-2/h7-15H,4-6H2,1-3H3/t15-/m1/s1. The van der Waals surface area contributed by atoms with E-state index in [2.05, 4.69) is 39.9 Å². The van der Waals surface area contributed by atoms with Crippen LogP contribution >= 0.6 is 15.9 Å². The van der Waals surface area contributed by atoms with Crippen molar-refractivity contribution in [3.63, 3.8) is 0 Å². The lowest BCUT2D eigenvalue weighted by atomic mass is 10.2. The van der Waals surface area contributed by atoms with Crippen LogP contribution in [0, 0.1) is 0 Å². The first kappa shape index (κ1) is 20.3. The molecule has 0 aliphatic rings. The molecule has 0 bridgehead atoms. The van der Waals surface area contributed by atoms with Crippen LogP contribution in [0.2, 0.25) is 0 Å². The number of ether oxygens (including phenoxy) is 1. The molecule has 6 heteroatoms. The van der Waals surface area contributed by atoms with E-state index in [9.17, 15) is 4.79 Å². The van der Waals surface area contributed by atoms with Crippen LogP contribution in [0.4, 0.5) is 0 Å². The van der Waals surface area contributed by atoms with Gasteiger partial charge in [-0.05, 0) is 67.8 Å². The summed E-state index contributed by atoms with van der Waals surface area (Å²) in [5.74, 6) is 1.49. The van der Waals surface area contributed by atoms with Crippen LogP contribution in [0.15, 0.2) is 56.8 Å². The van der Waals surface area contributed by atoms with Crippen LogP contribution in [0.3, 0.4) is 0 Å². The van der Waals surface area contributed by atoms with E-state index in [1.54, 1.807) is 12.3 Å². The summed E-state index contributed by atoms with van der Waals surface area (Å²) < 4.78 is 8.04. The van der Waals surface area contributed by atoms with Gasteiger partial charge >= 0.3 is 0 Å². The summed E-state index contributed by atoms with van der Waals surface area (Å²) in [6.07, 6.45) is 4.38. The summed E-state index contributed by atoms with van der Waals surface area (Å²) in [5, 5.41) is 4.99. The smallest absolute Gasteiger partial charge is 0.282 e. The van der Waals surface area contributed by atoms with E-state index in [1.165, 1.54) is 4.68 Å². The fourth-order valence-electron chi connectivity index (χ4n) is 2.77. The quantitative estimate of drug-likeness (QED) is 0.475. The molecule has 0 saturated heterocycles. The molecule has 0 aliphatic carbocycles. The van der Waals surface area contributed by atoms with E-state index in [1.807, 2.05) is 43.3 Å². The van der Waals surface area contributed by atoms with E-state index < -0.39 is 0 Å². The zero-order valence-corrected chi connectivity index (χ0v) is 17.9. The fraction of sp³-hybridized carbons (Fsp3) is 0.318. The average Bonchev–Trinajstić information content (AvgIpc) is 2.69. The number of fused-ring (bicyclic) bond motifs is 1. The Morgan fingerprint density at radius 3 is 2.64 bits per heavy atom. The van der Waals surface area contributed by atoms with Gasteiger partial charge < -0.3 is 4.74 Å². The molecule has 2 aromatic carbocycles. The molecule has 28 heavy (non-hydrogen) atoms. The van der Waals surface area contributed by atoms with Gasteiger partial charge in [-0.25, -0.2) is 4.98 Å². The SMILES string of the molecule is CCCc1nc2ccc(Br)cc2c(=O)n1N=Cc1ccc(O[C@H](C)CC)cc1. The van der Waals surface area contributed by atoms with E-state index in [0.29, 0.717) is 23.1 Å². The first-order valence-electron chi connectivity index (χ1n) is 9.54. The number of halogens is 1. The molecule has 1 heterocycles. The lowest BCUT2D eigenvalue weighted by Crippen LogP contribution is -2.22. The first-order valence-corrected chi connectivity index (χ1v) is 10.3. The highest BCUT2D eigenvalue weighted by atomic mass is 79.9.